The third-order valence-corrected chi connectivity index (χ3v) is 3.31. The monoisotopic (exact) mass is 283 g/mol. The molecule has 0 saturated carbocycles. The summed E-state index contributed by atoms with van der Waals surface area (Å²) in [7, 11) is 1.58. The number of nitrogens with zero attached hydrogens (tertiary/aromatic N) is 2. The average molecular weight is 283 g/mol. The molecule has 3 aromatic rings. The van der Waals surface area contributed by atoms with E-state index in [1.807, 2.05) is 40.0 Å². The second-order valence-corrected chi connectivity index (χ2v) is 4.67. The first-order valence-corrected chi connectivity index (χ1v) is 6.49. The van der Waals surface area contributed by atoms with E-state index in [9.17, 15) is 4.79 Å². The van der Waals surface area contributed by atoms with Crippen molar-refractivity contribution in [2.75, 3.05) is 7.11 Å². The molecule has 0 N–H and O–H groups in total. The van der Waals surface area contributed by atoms with Crippen molar-refractivity contribution in [1.29, 1.82) is 0 Å². The summed E-state index contributed by atoms with van der Waals surface area (Å²) in [5.74, 6) is 0.660. The van der Waals surface area contributed by atoms with E-state index in [-0.39, 0.29) is 5.63 Å². The molecule has 0 atom stereocenters. The maximum atomic E-state index is 11.7. The lowest BCUT2D eigenvalue weighted by Gasteiger charge is -2.05. The molecular weight excluding hydrogens is 268 g/mol. The van der Waals surface area contributed by atoms with Crippen LogP contribution in [0.1, 0.15) is 5.56 Å². The Hall–Kier alpha value is -2.82. The molecule has 21 heavy (non-hydrogen) atoms. The number of fused-ring (bicyclic) bond motifs is 1. The van der Waals surface area contributed by atoms with Crippen molar-refractivity contribution in [3.63, 3.8) is 0 Å². The Balaban J connectivity index is 2.08. The van der Waals surface area contributed by atoms with Crippen LogP contribution in [0.4, 0.5) is 0 Å². The highest BCUT2D eigenvalue weighted by Gasteiger charge is 2.10. The first kappa shape index (κ1) is 13.2. The molecule has 0 radical (unpaired) electrons. The Bertz CT molecular complexity index is 861. The minimum absolute atomic E-state index is 0.366. The zero-order valence-corrected chi connectivity index (χ0v) is 11.7. The van der Waals surface area contributed by atoms with E-state index >= 15 is 0 Å². The number of hydrogen-bond acceptors (Lipinski definition) is 3. The van der Waals surface area contributed by atoms with Crippen molar-refractivity contribution >= 4 is 17.2 Å². The molecule has 106 valence electrons. The van der Waals surface area contributed by atoms with Crippen molar-refractivity contribution in [2.24, 2.45) is 0 Å². The van der Waals surface area contributed by atoms with Gasteiger partial charge in [-0.25, -0.2) is 13.9 Å². The molecule has 0 spiro atoms. The number of benzene rings is 1. The van der Waals surface area contributed by atoms with E-state index in [4.69, 9.17) is 9.15 Å². The van der Waals surface area contributed by atoms with E-state index in [0.29, 0.717) is 17.9 Å². The molecule has 0 unspecified atom stereocenters. The SMILES string of the molecule is C=Cn1cc[n+](Cc2cc(=O)oc3cc(OC)ccc23)c1. The highest BCUT2D eigenvalue weighted by atomic mass is 16.5. The normalized spacial score (nSPS) is 10.7. The standard InChI is InChI=1S/C16H15N2O3/c1-3-17-6-7-18(11-17)10-12-8-16(19)21-15-9-13(20-2)4-5-14(12)15/h3-9,11H,1,10H2,2H3/q+1. The van der Waals surface area contributed by atoms with Gasteiger partial charge in [-0.1, -0.05) is 6.58 Å². The minimum atomic E-state index is -0.366. The molecule has 0 fully saturated rings. The van der Waals surface area contributed by atoms with Crippen molar-refractivity contribution < 1.29 is 13.7 Å². The van der Waals surface area contributed by atoms with Gasteiger partial charge in [-0.15, -0.1) is 0 Å². The Morgan fingerprint density at radius 2 is 2.29 bits per heavy atom. The van der Waals surface area contributed by atoms with E-state index in [2.05, 4.69) is 6.58 Å². The molecule has 2 heterocycles. The fourth-order valence-corrected chi connectivity index (χ4v) is 2.28. The number of ether oxygens (including phenoxy) is 1. The van der Waals surface area contributed by atoms with E-state index in [1.54, 1.807) is 19.4 Å². The van der Waals surface area contributed by atoms with E-state index in [1.165, 1.54) is 6.07 Å². The second kappa shape index (κ2) is 5.28. The average Bonchev–Trinajstić information content (AvgIpc) is 2.94. The van der Waals surface area contributed by atoms with Gasteiger partial charge in [0, 0.05) is 23.1 Å². The Labute approximate surface area is 121 Å². The van der Waals surface area contributed by atoms with Crippen molar-refractivity contribution in [3.8, 4) is 5.75 Å². The number of methoxy groups -OCH3 is 1. The lowest BCUT2D eigenvalue weighted by Crippen LogP contribution is -2.31. The van der Waals surface area contributed by atoms with Crippen LogP contribution in [0.15, 0.2) is 58.8 Å². The fraction of sp³-hybridized carbons (Fsp3) is 0.125. The van der Waals surface area contributed by atoms with E-state index in [0.717, 1.165) is 10.9 Å². The summed E-state index contributed by atoms with van der Waals surface area (Å²) in [6.07, 6.45) is 7.42. The van der Waals surface area contributed by atoms with Crippen molar-refractivity contribution in [3.05, 3.63) is 65.5 Å². The summed E-state index contributed by atoms with van der Waals surface area (Å²) in [4.78, 5) is 11.7. The van der Waals surface area contributed by atoms with Crippen LogP contribution in [0.3, 0.4) is 0 Å². The van der Waals surface area contributed by atoms with Gasteiger partial charge in [0.05, 0.1) is 13.3 Å². The molecule has 1 aromatic carbocycles. The molecule has 5 heteroatoms. The van der Waals surface area contributed by atoms with E-state index < -0.39 is 0 Å². The summed E-state index contributed by atoms with van der Waals surface area (Å²) < 4.78 is 14.2. The van der Waals surface area contributed by atoms with Gasteiger partial charge >= 0.3 is 5.63 Å². The van der Waals surface area contributed by atoms with Crippen LogP contribution in [0.5, 0.6) is 5.75 Å². The Morgan fingerprint density at radius 1 is 1.43 bits per heavy atom. The molecule has 0 saturated heterocycles. The summed E-state index contributed by atoms with van der Waals surface area (Å²) in [6, 6.07) is 7.00. The molecule has 0 aliphatic rings. The van der Waals surface area contributed by atoms with Gasteiger partial charge in [0.15, 0.2) is 0 Å². The third-order valence-electron chi connectivity index (χ3n) is 3.31. The van der Waals surface area contributed by atoms with Gasteiger partial charge in [-0.05, 0) is 12.1 Å². The highest BCUT2D eigenvalue weighted by Crippen LogP contribution is 2.22. The van der Waals surface area contributed by atoms with Gasteiger partial charge in [-0.2, -0.15) is 0 Å². The number of aromatic nitrogens is 2. The van der Waals surface area contributed by atoms with Crippen LogP contribution >= 0.6 is 0 Å². The maximum Gasteiger partial charge on any atom is 0.336 e. The molecule has 0 bridgehead atoms. The topological polar surface area (TPSA) is 48.2 Å². The predicted molar refractivity (Wildman–Crippen MR) is 79.2 cm³/mol. The summed E-state index contributed by atoms with van der Waals surface area (Å²) in [5, 5.41) is 0.897. The van der Waals surface area contributed by atoms with Crippen LogP contribution in [-0.4, -0.2) is 11.7 Å². The first-order chi connectivity index (χ1) is 10.2. The molecule has 0 amide bonds. The molecule has 0 aliphatic carbocycles. The van der Waals surface area contributed by atoms with Gasteiger partial charge < -0.3 is 9.15 Å². The summed E-state index contributed by atoms with van der Waals surface area (Å²) in [6.45, 7) is 4.28. The number of imidazole rings is 1. The molecule has 3 rings (SSSR count). The van der Waals surface area contributed by atoms with Gasteiger partial charge in [0.25, 0.3) is 0 Å². The Morgan fingerprint density at radius 3 is 3.00 bits per heavy atom. The zero-order chi connectivity index (χ0) is 14.8. The largest absolute Gasteiger partial charge is 0.497 e. The van der Waals surface area contributed by atoms with Crippen LogP contribution in [0, 0.1) is 0 Å². The zero-order valence-electron chi connectivity index (χ0n) is 11.7. The van der Waals surface area contributed by atoms with Crippen LogP contribution in [-0.2, 0) is 6.54 Å². The van der Waals surface area contributed by atoms with Crippen LogP contribution < -0.4 is 14.9 Å². The van der Waals surface area contributed by atoms with Gasteiger partial charge in [0.1, 0.15) is 30.3 Å². The molecular formula is C16H15N2O3+. The van der Waals surface area contributed by atoms with Crippen molar-refractivity contribution in [2.45, 2.75) is 6.54 Å². The highest BCUT2D eigenvalue weighted by molar-refractivity contribution is 5.81. The maximum absolute atomic E-state index is 11.7. The van der Waals surface area contributed by atoms with Gasteiger partial charge in [0.2, 0.25) is 6.33 Å². The fourth-order valence-electron chi connectivity index (χ4n) is 2.28. The lowest BCUT2D eigenvalue weighted by atomic mass is 10.1. The summed E-state index contributed by atoms with van der Waals surface area (Å²) in [5.41, 5.74) is 1.06. The lowest BCUT2D eigenvalue weighted by molar-refractivity contribution is -0.687. The smallest absolute Gasteiger partial charge is 0.336 e. The summed E-state index contributed by atoms with van der Waals surface area (Å²) >= 11 is 0. The van der Waals surface area contributed by atoms with Gasteiger partial charge in [-0.3, -0.25) is 0 Å². The first-order valence-electron chi connectivity index (χ1n) is 6.49. The molecule has 2 aromatic heterocycles. The predicted octanol–water partition coefficient (Wildman–Crippen LogP) is 2.04. The number of rotatable bonds is 4. The quantitative estimate of drug-likeness (QED) is 0.544. The van der Waals surface area contributed by atoms with Crippen molar-refractivity contribution in [1.82, 2.24) is 4.57 Å². The Kier molecular flexibility index (Phi) is 3.31. The third kappa shape index (κ3) is 2.58. The number of hydrogen-bond donors (Lipinski definition) is 0. The van der Waals surface area contributed by atoms with Crippen LogP contribution in [0.2, 0.25) is 0 Å². The van der Waals surface area contributed by atoms with Crippen LogP contribution in [0.25, 0.3) is 17.2 Å². The molecule has 5 nitrogen and oxygen atoms in total. The minimum Gasteiger partial charge on any atom is -0.497 e. The second-order valence-electron chi connectivity index (χ2n) is 4.67. The molecule has 0 aliphatic heterocycles.